The first kappa shape index (κ1) is 11.0. The monoisotopic (exact) mass is 254 g/mol. The van der Waals surface area contributed by atoms with Crippen molar-refractivity contribution in [1.29, 1.82) is 0 Å². The zero-order valence-corrected chi connectivity index (χ0v) is 9.93. The number of fused-ring (bicyclic) bond motifs is 1. The van der Waals surface area contributed by atoms with Gasteiger partial charge in [-0.3, -0.25) is 0 Å². The van der Waals surface area contributed by atoms with E-state index in [9.17, 15) is 4.39 Å². The van der Waals surface area contributed by atoms with Crippen molar-refractivity contribution >= 4 is 22.7 Å². The Morgan fingerprint density at radius 3 is 3.18 bits per heavy atom. The highest BCUT2D eigenvalue weighted by atomic mass is 35.5. The Bertz CT molecular complexity index is 549. The van der Waals surface area contributed by atoms with Crippen LogP contribution in [0, 0.1) is 11.7 Å². The lowest BCUT2D eigenvalue weighted by atomic mass is 10.1. The predicted molar refractivity (Wildman–Crippen MR) is 63.7 cm³/mol. The van der Waals surface area contributed by atoms with Crippen LogP contribution in [0.4, 0.5) is 4.39 Å². The van der Waals surface area contributed by atoms with Crippen molar-refractivity contribution in [2.45, 2.75) is 12.8 Å². The lowest BCUT2D eigenvalue weighted by Crippen LogP contribution is -2.10. The topological polar surface area (TPSA) is 38.1 Å². The van der Waals surface area contributed by atoms with Gasteiger partial charge in [-0.15, -0.1) is 0 Å². The van der Waals surface area contributed by atoms with E-state index >= 15 is 0 Å². The molecule has 3 rings (SSSR count). The van der Waals surface area contributed by atoms with E-state index in [-0.39, 0.29) is 10.8 Å². The highest BCUT2D eigenvalue weighted by molar-refractivity contribution is 6.34. The number of rotatable bonds is 2. The molecule has 1 fully saturated rings. The van der Waals surface area contributed by atoms with Crippen LogP contribution < -0.4 is 5.32 Å². The van der Waals surface area contributed by atoms with E-state index in [0.717, 1.165) is 25.9 Å². The largest absolute Gasteiger partial charge is 0.439 e. The molecule has 1 aromatic carbocycles. The van der Waals surface area contributed by atoms with E-state index in [2.05, 4.69) is 10.3 Å². The molecule has 1 N–H and O–H groups in total. The molecule has 0 radical (unpaired) electrons. The van der Waals surface area contributed by atoms with Crippen molar-refractivity contribution in [3.05, 3.63) is 28.9 Å². The average molecular weight is 255 g/mol. The number of benzene rings is 1. The molecule has 1 unspecified atom stereocenters. The van der Waals surface area contributed by atoms with Crippen LogP contribution in [-0.2, 0) is 6.42 Å². The van der Waals surface area contributed by atoms with Crippen molar-refractivity contribution in [3.63, 3.8) is 0 Å². The number of aromatic nitrogens is 1. The molecule has 90 valence electrons. The molecule has 2 aromatic rings. The highest BCUT2D eigenvalue weighted by Crippen LogP contribution is 2.27. The quantitative estimate of drug-likeness (QED) is 0.896. The normalized spacial score (nSPS) is 20.2. The Morgan fingerprint density at radius 2 is 2.41 bits per heavy atom. The summed E-state index contributed by atoms with van der Waals surface area (Å²) in [6.07, 6.45) is 1.90. The fourth-order valence-electron chi connectivity index (χ4n) is 2.23. The third-order valence-electron chi connectivity index (χ3n) is 3.08. The highest BCUT2D eigenvalue weighted by Gasteiger charge is 2.19. The van der Waals surface area contributed by atoms with Gasteiger partial charge in [-0.25, -0.2) is 9.37 Å². The Labute approximate surface area is 103 Å². The third kappa shape index (κ3) is 2.15. The van der Waals surface area contributed by atoms with Gasteiger partial charge in [-0.05, 0) is 31.5 Å². The predicted octanol–water partition coefficient (Wildman–Crippen LogP) is 2.77. The number of oxazole rings is 1. The number of halogens is 2. The Morgan fingerprint density at radius 1 is 1.53 bits per heavy atom. The van der Waals surface area contributed by atoms with Crippen molar-refractivity contribution in [3.8, 4) is 0 Å². The van der Waals surface area contributed by atoms with Crippen LogP contribution in [0.25, 0.3) is 11.1 Å². The van der Waals surface area contributed by atoms with Gasteiger partial charge in [0.15, 0.2) is 11.5 Å². The smallest absolute Gasteiger partial charge is 0.195 e. The molecule has 1 saturated heterocycles. The van der Waals surface area contributed by atoms with Gasteiger partial charge in [0.05, 0.1) is 5.02 Å². The standard InChI is InChI=1S/C12H12ClFN2O/c13-9-4-8(14)5-10-12(9)17-11(16-10)3-7-1-2-15-6-7/h4-5,7,15H,1-3,6H2. The molecule has 1 aromatic heterocycles. The minimum atomic E-state index is -0.384. The maximum Gasteiger partial charge on any atom is 0.195 e. The Balaban J connectivity index is 1.93. The molecule has 1 aliphatic rings. The maximum atomic E-state index is 13.1. The number of hydrogen-bond donors (Lipinski definition) is 1. The van der Waals surface area contributed by atoms with Gasteiger partial charge in [0.1, 0.15) is 11.3 Å². The van der Waals surface area contributed by atoms with Crippen LogP contribution in [-0.4, -0.2) is 18.1 Å². The van der Waals surface area contributed by atoms with Crippen molar-refractivity contribution in [2.75, 3.05) is 13.1 Å². The summed E-state index contributed by atoms with van der Waals surface area (Å²) in [5.74, 6) is 0.803. The zero-order chi connectivity index (χ0) is 11.8. The molecule has 3 nitrogen and oxygen atoms in total. The van der Waals surface area contributed by atoms with Gasteiger partial charge < -0.3 is 9.73 Å². The summed E-state index contributed by atoms with van der Waals surface area (Å²) in [6, 6.07) is 2.59. The van der Waals surface area contributed by atoms with E-state index < -0.39 is 0 Å². The summed E-state index contributed by atoms with van der Waals surface area (Å²) in [7, 11) is 0. The van der Waals surface area contributed by atoms with E-state index in [1.54, 1.807) is 0 Å². The van der Waals surface area contributed by atoms with E-state index in [0.29, 0.717) is 22.9 Å². The van der Waals surface area contributed by atoms with Crippen LogP contribution in [0.5, 0.6) is 0 Å². The van der Waals surface area contributed by atoms with Crippen molar-refractivity contribution in [2.24, 2.45) is 5.92 Å². The lowest BCUT2D eigenvalue weighted by molar-refractivity contribution is 0.462. The molecule has 2 heterocycles. The van der Waals surface area contributed by atoms with Gasteiger partial charge in [0, 0.05) is 12.5 Å². The first-order valence-corrected chi connectivity index (χ1v) is 6.05. The number of hydrogen-bond acceptors (Lipinski definition) is 3. The second kappa shape index (κ2) is 4.27. The van der Waals surface area contributed by atoms with Crippen LogP contribution in [0.3, 0.4) is 0 Å². The summed E-state index contributed by atoms with van der Waals surface area (Å²) < 4.78 is 18.7. The van der Waals surface area contributed by atoms with Crippen LogP contribution in [0.15, 0.2) is 16.5 Å². The van der Waals surface area contributed by atoms with Gasteiger partial charge in [0.25, 0.3) is 0 Å². The fourth-order valence-corrected chi connectivity index (χ4v) is 2.47. The first-order chi connectivity index (χ1) is 8.22. The second-order valence-corrected chi connectivity index (χ2v) is 4.81. The van der Waals surface area contributed by atoms with Crippen LogP contribution in [0.1, 0.15) is 12.3 Å². The van der Waals surface area contributed by atoms with Crippen molar-refractivity contribution in [1.82, 2.24) is 10.3 Å². The molecule has 17 heavy (non-hydrogen) atoms. The number of nitrogens with zero attached hydrogens (tertiary/aromatic N) is 1. The van der Waals surface area contributed by atoms with Crippen LogP contribution >= 0.6 is 11.6 Å². The first-order valence-electron chi connectivity index (χ1n) is 5.67. The van der Waals surface area contributed by atoms with E-state index in [1.807, 2.05) is 0 Å². The van der Waals surface area contributed by atoms with E-state index in [1.165, 1.54) is 12.1 Å². The summed E-state index contributed by atoms with van der Waals surface area (Å²) >= 11 is 5.91. The molecule has 0 bridgehead atoms. The molecular formula is C12H12ClFN2O. The molecule has 1 atom stereocenters. The van der Waals surface area contributed by atoms with Gasteiger partial charge >= 0.3 is 0 Å². The Hall–Kier alpha value is -1.13. The molecule has 0 spiro atoms. The van der Waals surface area contributed by atoms with E-state index in [4.69, 9.17) is 16.0 Å². The summed E-state index contributed by atoms with van der Waals surface area (Å²) in [6.45, 7) is 2.03. The molecule has 0 amide bonds. The summed E-state index contributed by atoms with van der Waals surface area (Å²) in [5.41, 5.74) is 0.977. The minimum Gasteiger partial charge on any atom is -0.439 e. The molecule has 5 heteroatoms. The Kier molecular flexibility index (Phi) is 2.76. The van der Waals surface area contributed by atoms with Gasteiger partial charge in [-0.2, -0.15) is 0 Å². The molecule has 0 aliphatic carbocycles. The molecule has 1 aliphatic heterocycles. The van der Waals surface area contributed by atoms with Crippen LogP contribution in [0.2, 0.25) is 5.02 Å². The van der Waals surface area contributed by atoms with Gasteiger partial charge in [-0.1, -0.05) is 11.6 Å². The zero-order valence-electron chi connectivity index (χ0n) is 9.17. The van der Waals surface area contributed by atoms with Crippen molar-refractivity contribution < 1.29 is 8.81 Å². The molecule has 0 saturated carbocycles. The minimum absolute atomic E-state index is 0.281. The second-order valence-electron chi connectivity index (χ2n) is 4.41. The average Bonchev–Trinajstić information content (AvgIpc) is 2.87. The van der Waals surface area contributed by atoms with Gasteiger partial charge in [0.2, 0.25) is 0 Å². The summed E-state index contributed by atoms with van der Waals surface area (Å²) in [5, 5.41) is 3.57. The third-order valence-corrected chi connectivity index (χ3v) is 3.36. The SMILES string of the molecule is Fc1cc(Cl)c2oc(CC3CCNC3)nc2c1. The molecular weight excluding hydrogens is 243 g/mol. The summed E-state index contributed by atoms with van der Waals surface area (Å²) in [4.78, 5) is 4.28. The lowest BCUT2D eigenvalue weighted by Gasteiger charge is -2.02. The maximum absolute atomic E-state index is 13.1. The fraction of sp³-hybridized carbons (Fsp3) is 0.417. The number of nitrogens with one attached hydrogen (secondary N) is 1.